The maximum absolute atomic E-state index is 13.2. The van der Waals surface area contributed by atoms with Crippen LogP contribution in [-0.4, -0.2) is 54.8 Å². The van der Waals surface area contributed by atoms with Crippen LogP contribution in [-0.2, 0) is 10.0 Å². The highest BCUT2D eigenvalue weighted by molar-refractivity contribution is 7.89. The number of nitro benzene ring substituents is 2. The molecule has 40 heavy (non-hydrogen) atoms. The molecular formula is C28H35N5O6S. The zero-order valence-corrected chi connectivity index (χ0v) is 23.4. The molecule has 0 spiro atoms. The lowest BCUT2D eigenvalue weighted by Crippen LogP contribution is -2.53. The van der Waals surface area contributed by atoms with Crippen LogP contribution < -0.4 is 10.2 Å². The van der Waals surface area contributed by atoms with Gasteiger partial charge in [0.25, 0.3) is 11.4 Å². The van der Waals surface area contributed by atoms with Gasteiger partial charge in [-0.25, -0.2) is 8.42 Å². The van der Waals surface area contributed by atoms with Gasteiger partial charge in [0.15, 0.2) is 4.90 Å². The average molecular weight is 570 g/mol. The average Bonchev–Trinajstić information content (AvgIpc) is 2.92. The van der Waals surface area contributed by atoms with E-state index in [2.05, 4.69) is 12.2 Å². The van der Waals surface area contributed by atoms with Gasteiger partial charge in [-0.2, -0.15) is 4.31 Å². The fraction of sp³-hybridized carbons (Fsp3) is 0.571. The highest BCUT2D eigenvalue weighted by Crippen LogP contribution is 2.61. The van der Waals surface area contributed by atoms with E-state index in [1.165, 1.54) is 73.2 Å². The van der Waals surface area contributed by atoms with Gasteiger partial charge in [0.05, 0.1) is 9.85 Å². The molecule has 4 aliphatic carbocycles. The van der Waals surface area contributed by atoms with Gasteiger partial charge >= 0.3 is 0 Å². The Balaban J connectivity index is 1.19. The topological polar surface area (TPSA) is 139 Å². The molecule has 5 aliphatic rings. The SMILES string of the molecule is C[C@@H](Nc1cc(N2CCN(S(=O)(=O)c3ccccc3[N+](=O)[O-])CC2)ccc1[N+](=O)[O-])C12CC3CC(CC(C3)C1)C2. The molecule has 214 valence electrons. The lowest BCUT2D eigenvalue weighted by molar-refractivity contribution is -0.387. The van der Waals surface area contributed by atoms with E-state index in [0.717, 1.165) is 23.4 Å². The number of nitrogens with one attached hydrogen (secondary N) is 1. The molecule has 4 bridgehead atoms. The molecule has 12 heteroatoms. The van der Waals surface area contributed by atoms with Gasteiger partial charge in [-0.1, -0.05) is 12.1 Å². The molecule has 1 aliphatic heterocycles. The molecule has 2 aromatic rings. The summed E-state index contributed by atoms with van der Waals surface area (Å²) in [5.41, 5.74) is 1.06. The Morgan fingerprint density at radius 2 is 1.45 bits per heavy atom. The molecule has 7 rings (SSSR count). The van der Waals surface area contributed by atoms with E-state index in [1.807, 2.05) is 11.0 Å². The van der Waals surface area contributed by atoms with Crippen molar-refractivity contribution in [2.75, 3.05) is 36.4 Å². The third kappa shape index (κ3) is 4.70. The maximum atomic E-state index is 13.2. The van der Waals surface area contributed by atoms with Gasteiger partial charge in [-0.05, 0) is 86.8 Å². The molecular weight excluding hydrogens is 534 g/mol. The van der Waals surface area contributed by atoms with E-state index in [0.29, 0.717) is 18.8 Å². The first-order chi connectivity index (χ1) is 19.1. The van der Waals surface area contributed by atoms with Crippen molar-refractivity contribution in [2.45, 2.75) is 56.4 Å². The Bertz CT molecular complexity index is 1400. The molecule has 1 N–H and O–H groups in total. The van der Waals surface area contributed by atoms with Crippen LogP contribution in [0.2, 0.25) is 0 Å². The normalized spacial score (nSPS) is 28.8. The molecule has 4 saturated carbocycles. The van der Waals surface area contributed by atoms with Crippen molar-refractivity contribution in [3.8, 4) is 0 Å². The first kappa shape index (κ1) is 26.9. The van der Waals surface area contributed by atoms with E-state index in [4.69, 9.17) is 0 Å². The summed E-state index contributed by atoms with van der Waals surface area (Å²) in [5.74, 6) is 2.34. The van der Waals surface area contributed by atoms with Crippen LogP contribution in [0, 0.1) is 43.4 Å². The summed E-state index contributed by atoms with van der Waals surface area (Å²) in [6.45, 7) is 3.20. The lowest BCUT2D eigenvalue weighted by atomic mass is 9.48. The van der Waals surface area contributed by atoms with E-state index < -0.39 is 20.6 Å². The fourth-order valence-corrected chi connectivity index (χ4v) is 9.82. The first-order valence-corrected chi connectivity index (χ1v) is 15.5. The quantitative estimate of drug-likeness (QED) is 0.345. The maximum Gasteiger partial charge on any atom is 0.292 e. The third-order valence-electron chi connectivity index (χ3n) is 9.84. The van der Waals surface area contributed by atoms with Crippen LogP contribution in [0.1, 0.15) is 45.4 Å². The van der Waals surface area contributed by atoms with E-state index >= 15 is 0 Å². The minimum atomic E-state index is -4.04. The van der Waals surface area contributed by atoms with Gasteiger partial charge in [0, 0.05) is 50.0 Å². The molecule has 0 aromatic heterocycles. The van der Waals surface area contributed by atoms with Crippen LogP contribution in [0.3, 0.4) is 0 Å². The lowest BCUT2D eigenvalue weighted by Gasteiger charge is -2.59. The summed E-state index contributed by atoms with van der Waals surface area (Å²) >= 11 is 0. The van der Waals surface area contributed by atoms with Crippen molar-refractivity contribution in [3.05, 3.63) is 62.7 Å². The Kier molecular flexibility index (Phi) is 6.73. The monoisotopic (exact) mass is 569 g/mol. The summed E-state index contributed by atoms with van der Waals surface area (Å²) in [6, 6.07) is 10.6. The number of anilines is 2. The number of hydrogen-bond donors (Lipinski definition) is 1. The predicted octanol–water partition coefficient (Wildman–Crippen LogP) is 5.03. The summed E-state index contributed by atoms with van der Waals surface area (Å²) in [7, 11) is -4.04. The molecule has 1 atom stereocenters. The number of nitrogens with zero attached hydrogens (tertiary/aromatic N) is 4. The zero-order chi connectivity index (χ0) is 28.2. The highest BCUT2D eigenvalue weighted by atomic mass is 32.2. The van der Waals surface area contributed by atoms with Crippen molar-refractivity contribution in [1.29, 1.82) is 0 Å². The van der Waals surface area contributed by atoms with Gasteiger partial charge in [-0.15, -0.1) is 0 Å². The van der Waals surface area contributed by atoms with Crippen molar-refractivity contribution in [2.24, 2.45) is 23.2 Å². The van der Waals surface area contributed by atoms with Gasteiger partial charge in [0.1, 0.15) is 5.69 Å². The second-order valence-electron chi connectivity index (χ2n) is 12.2. The van der Waals surface area contributed by atoms with Gasteiger partial charge < -0.3 is 10.2 Å². The van der Waals surface area contributed by atoms with E-state index in [9.17, 15) is 28.6 Å². The Labute approximate surface area is 233 Å². The Hall–Kier alpha value is -3.25. The fourth-order valence-electron chi connectivity index (χ4n) is 8.24. The van der Waals surface area contributed by atoms with Crippen LogP contribution >= 0.6 is 0 Å². The second kappa shape index (κ2) is 9.99. The zero-order valence-electron chi connectivity index (χ0n) is 22.6. The summed E-state index contributed by atoms with van der Waals surface area (Å²) in [4.78, 5) is 24.0. The predicted molar refractivity (Wildman–Crippen MR) is 151 cm³/mol. The Morgan fingerprint density at radius 1 is 0.875 bits per heavy atom. The van der Waals surface area contributed by atoms with Crippen molar-refractivity contribution in [1.82, 2.24) is 4.31 Å². The number of para-hydroxylation sites is 1. The number of nitro groups is 2. The van der Waals surface area contributed by atoms with Crippen molar-refractivity contribution < 1.29 is 18.3 Å². The standard InChI is InChI=1S/C28H35N5O6S/c1-19(28-16-20-12-21(17-28)14-22(13-20)18-28)29-24-15-23(6-7-25(24)32(34)35)30-8-10-31(11-9-30)40(38,39)27-5-3-2-4-26(27)33(36)37/h2-7,15,19-22,29H,8-14,16-18H2,1H3/t19-,20?,21?,22?,28?/m1/s1. The summed E-state index contributed by atoms with van der Waals surface area (Å²) in [6.07, 6.45) is 7.58. The number of rotatable bonds is 8. The van der Waals surface area contributed by atoms with E-state index in [1.54, 1.807) is 6.07 Å². The molecule has 11 nitrogen and oxygen atoms in total. The number of piperazine rings is 1. The van der Waals surface area contributed by atoms with Gasteiger partial charge in [-0.3, -0.25) is 20.2 Å². The number of hydrogen-bond acceptors (Lipinski definition) is 8. The molecule has 2 aromatic carbocycles. The van der Waals surface area contributed by atoms with Crippen molar-refractivity contribution in [3.63, 3.8) is 0 Å². The minimum absolute atomic E-state index is 0.0397. The first-order valence-electron chi connectivity index (χ1n) is 14.1. The molecule has 5 fully saturated rings. The second-order valence-corrected chi connectivity index (χ2v) is 14.1. The van der Waals surface area contributed by atoms with Crippen molar-refractivity contribution >= 4 is 32.8 Å². The van der Waals surface area contributed by atoms with Crippen LogP contribution in [0.25, 0.3) is 0 Å². The molecule has 1 saturated heterocycles. The Morgan fingerprint density at radius 3 is 2.02 bits per heavy atom. The molecule has 0 unspecified atom stereocenters. The number of benzene rings is 2. The largest absolute Gasteiger partial charge is 0.376 e. The smallest absolute Gasteiger partial charge is 0.292 e. The highest BCUT2D eigenvalue weighted by Gasteiger charge is 2.53. The van der Waals surface area contributed by atoms with Crippen LogP contribution in [0.5, 0.6) is 0 Å². The molecule has 0 amide bonds. The molecule has 1 heterocycles. The minimum Gasteiger partial charge on any atom is -0.376 e. The number of sulfonamides is 1. The van der Waals surface area contributed by atoms with Crippen LogP contribution in [0.4, 0.5) is 22.7 Å². The summed E-state index contributed by atoms with van der Waals surface area (Å²) < 4.78 is 27.7. The van der Waals surface area contributed by atoms with E-state index in [-0.39, 0.29) is 40.1 Å². The summed E-state index contributed by atoms with van der Waals surface area (Å²) in [5, 5.41) is 26.9. The van der Waals surface area contributed by atoms with Gasteiger partial charge in [0.2, 0.25) is 10.0 Å². The van der Waals surface area contributed by atoms with Crippen LogP contribution in [0.15, 0.2) is 47.4 Å². The third-order valence-corrected chi connectivity index (χ3v) is 11.8. The molecule has 0 radical (unpaired) electrons.